The van der Waals surface area contributed by atoms with Crippen molar-refractivity contribution in [2.75, 3.05) is 11.9 Å². The normalized spacial score (nSPS) is 14.6. The summed E-state index contributed by atoms with van der Waals surface area (Å²) in [6.45, 7) is -0.539. The molecule has 1 fully saturated rings. The smallest absolute Gasteiger partial charge is 0.294 e. The van der Waals surface area contributed by atoms with Crippen LogP contribution in [0.5, 0.6) is 0 Å². The van der Waals surface area contributed by atoms with E-state index in [0.29, 0.717) is 23.1 Å². The Morgan fingerprint density at radius 3 is 2.71 bits per heavy atom. The molecule has 1 aliphatic rings. The van der Waals surface area contributed by atoms with Crippen molar-refractivity contribution in [1.29, 1.82) is 0 Å². The summed E-state index contributed by atoms with van der Waals surface area (Å²) in [7, 11) is 0. The first-order valence-electron chi connectivity index (χ1n) is 9.65. The summed E-state index contributed by atoms with van der Waals surface area (Å²) in [4.78, 5) is 48.9. The number of benzene rings is 2. The first kappa shape index (κ1) is 23.2. The van der Waals surface area contributed by atoms with E-state index in [1.165, 1.54) is 36.4 Å². The van der Waals surface area contributed by atoms with E-state index in [2.05, 4.69) is 5.32 Å². The number of nitrogens with zero attached hydrogens (tertiary/aromatic N) is 3. The first-order chi connectivity index (χ1) is 16.2. The summed E-state index contributed by atoms with van der Waals surface area (Å²) in [6, 6.07) is 12.9. The average Bonchev–Trinajstić information content (AvgIpc) is 3.36. The maximum absolute atomic E-state index is 13.3. The van der Waals surface area contributed by atoms with Crippen LogP contribution >= 0.6 is 23.4 Å². The Morgan fingerprint density at radius 2 is 1.97 bits per heavy atom. The third-order valence-electron chi connectivity index (χ3n) is 4.76. The maximum atomic E-state index is 13.3. The number of non-ortho nitro benzene ring substituents is 1. The maximum Gasteiger partial charge on any atom is 0.294 e. The van der Waals surface area contributed by atoms with Crippen molar-refractivity contribution in [3.05, 3.63) is 92.3 Å². The lowest BCUT2D eigenvalue weighted by Gasteiger charge is -2.12. The highest BCUT2D eigenvalue weighted by atomic mass is 35.5. The van der Waals surface area contributed by atoms with Gasteiger partial charge in [-0.2, -0.15) is 0 Å². The second kappa shape index (κ2) is 9.49. The molecule has 3 amide bonds. The van der Waals surface area contributed by atoms with E-state index >= 15 is 0 Å². The van der Waals surface area contributed by atoms with Gasteiger partial charge in [0, 0.05) is 29.7 Å². The van der Waals surface area contributed by atoms with Crippen LogP contribution in [-0.2, 0) is 9.59 Å². The lowest BCUT2D eigenvalue weighted by atomic mass is 10.2. The van der Waals surface area contributed by atoms with Crippen molar-refractivity contribution in [2.24, 2.45) is 0 Å². The van der Waals surface area contributed by atoms with E-state index in [1.54, 1.807) is 29.0 Å². The van der Waals surface area contributed by atoms with Gasteiger partial charge in [0.05, 0.1) is 20.5 Å². The molecule has 0 radical (unpaired) electrons. The molecule has 0 bridgehead atoms. The Kier molecular flexibility index (Phi) is 6.48. The van der Waals surface area contributed by atoms with Gasteiger partial charge in [-0.25, -0.2) is 4.39 Å². The highest BCUT2D eigenvalue weighted by Gasteiger charge is 2.36. The number of imide groups is 1. The minimum absolute atomic E-state index is 0.0907. The molecule has 0 saturated carbocycles. The van der Waals surface area contributed by atoms with E-state index in [-0.39, 0.29) is 21.3 Å². The van der Waals surface area contributed by atoms with Crippen LogP contribution in [0.15, 0.2) is 65.7 Å². The van der Waals surface area contributed by atoms with Crippen molar-refractivity contribution >= 4 is 57.9 Å². The zero-order chi connectivity index (χ0) is 24.4. The number of carbonyl (C=O) groups is 3. The Balaban J connectivity index is 1.51. The number of thioether (sulfide) groups is 1. The third kappa shape index (κ3) is 4.85. The molecule has 1 saturated heterocycles. The minimum Gasteiger partial charge on any atom is -0.324 e. The summed E-state index contributed by atoms with van der Waals surface area (Å²) >= 11 is 6.36. The number of nitrogens with one attached hydrogen (secondary N) is 1. The van der Waals surface area contributed by atoms with Gasteiger partial charge in [-0.3, -0.25) is 29.4 Å². The number of carbonyl (C=O) groups excluding carboxylic acids is 3. The van der Waals surface area contributed by atoms with Crippen LogP contribution in [0.1, 0.15) is 5.69 Å². The molecule has 2 heterocycles. The Morgan fingerprint density at radius 1 is 1.18 bits per heavy atom. The average molecular weight is 501 g/mol. The van der Waals surface area contributed by atoms with E-state index < -0.39 is 34.3 Å². The van der Waals surface area contributed by atoms with Gasteiger partial charge in [0.15, 0.2) is 0 Å². The highest BCUT2D eigenvalue weighted by Crippen LogP contribution is 2.33. The van der Waals surface area contributed by atoms with E-state index in [0.717, 1.165) is 11.0 Å². The second-order valence-electron chi connectivity index (χ2n) is 7.02. The summed E-state index contributed by atoms with van der Waals surface area (Å²) in [6.07, 6.45) is 3.14. The fraction of sp³-hybridized carbons (Fsp3) is 0.0455. The lowest BCUT2D eigenvalue weighted by molar-refractivity contribution is -0.384. The number of nitro benzene ring substituents is 1. The van der Waals surface area contributed by atoms with Gasteiger partial charge in [-0.1, -0.05) is 17.7 Å². The lowest BCUT2D eigenvalue weighted by Crippen LogP contribution is -2.36. The zero-order valence-electron chi connectivity index (χ0n) is 17.1. The van der Waals surface area contributed by atoms with Crippen molar-refractivity contribution in [3.8, 4) is 5.69 Å². The Labute approximate surface area is 200 Å². The Hall–Kier alpha value is -3.96. The van der Waals surface area contributed by atoms with Gasteiger partial charge in [0.25, 0.3) is 16.8 Å². The van der Waals surface area contributed by atoms with Gasteiger partial charge in [-0.05, 0) is 54.2 Å². The predicted octanol–water partition coefficient (Wildman–Crippen LogP) is 4.85. The summed E-state index contributed by atoms with van der Waals surface area (Å²) in [5.41, 5.74) is 1.14. The van der Waals surface area contributed by atoms with Gasteiger partial charge in [0.1, 0.15) is 12.4 Å². The molecule has 0 aliphatic carbocycles. The minimum atomic E-state index is -0.661. The van der Waals surface area contributed by atoms with E-state index in [9.17, 15) is 28.9 Å². The number of aromatic nitrogens is 1. The van der Waals surface area contributed by atoms with Gasteiger partial charge in [-0.15, -0.1) is 0 Å². The largest absolute Gasteiger partial charge is 0.324 e. The number of hydrogen-bond acceptors (Lipinski definition) is 6. The molecule has 2 aromatic carbocycles. The molecule has 12 heteroatoms. The topological polar surface area (TPSA) is 115 Å². The van der Waals surface area contributed by atoms with Crippen LogP contribution < -0.4 is 5.32 Å². The Bertz CT molecular complexity index is 1370. The molecule has 1 aromatic heterocycles. The van der Waals surface area contributed by atoms with Crippen LogP contribution in [0.4, 0.5) is 20.6 Å². The molecule has 4 rings (SSSR count). The predicted molar refractivity (Wildman–Crippen MR) is 125 cm³/mol. The van der Waals surface area contributed by atoms with Crippen LogP contribution in [0, 0.1) is 15.9 Å². The fourth-order valence-corrected chi connectivity index (χ4v) is 4.20. The summed E-state index contributed by atoms with van der Waals surface area (Å²) in [5, 5.41) is 12.7. The standard InChI is InChI=1S/C22H14ClFN4O5S/c23-17-9-13(6-7-18(17)24)25-20(29)12-27-21(30)19(34-22(27)31)11-15-5-2-8-26(15)14-3-1-4-16(10-14)28(32)33/h1-11H,12H2,(H,25,29)/b19-11-. The first-order valence-corrected chi connectivity index (χ1v) is 10.8. The van der Waals surface area contributed by atoms with Gasteiger partial charge in [0.2, 0.25) is 5.91 Å². The van der Waals surface area contributed by atoms with E-state index in [4.69, 9.17) is 11.6 Å². The number of amides is 3. The number of anilines is 1. The van der Waals surface area contributed by atoms with Gasteiger partial charge >= 0.3 is 0 Å². The number of rotatable bonds is 6. The molecule has 0 spiro atoms. The molecule has 9 nitrogen and oxygen atoms in total. The quantitative estimate of drug-likeness (QED) is 0.294. The third-order valence-corrected chi connectivity index (χ3v) is 5.95. The molecule has 1 N–H and O–H groups in total. The molecular weight excluding hydrogens is 487 g/mol. The summed E-state index contributed by atoms with van der Waals surface area (Å²) in [5.74, 6) is -1.97. The summed E-state index contributed by atoms with van der Waals surface area (Å²) < 4.78 is 14.9. The molecule has 1 aliphatic heterocycles. The SMILES string of the molecule is O=C(CN1C(=O)S/C(=C\c2cccn2-c2cccc([N+](=O)[O-])c2)C1=O)Nc1ccc(F)c(Cl)c1. The van der Waals surface area contributed by atoms with Crippen molar-refractivity contribution < 1.29 is 23.7 Å². The van der Waals surface area contributed by atoms with Crippen molar-refractivity contribution in [3.63, 3.8) is 0 Å². The molecular formula is C22H14ClFN4O5S. The number of nitro groups is 1. The molecule has 0 unspecified atom stereocenters. The van der Waals surface area contributed by atoms with Crippen LogP contribution in [0.2, 0.25) is 5.02 Å². The fourth-order valence-electron chi connectivity index (χ4n) is 3.19. The molecule has 0 atom stereocenters. The number of hydrogen-bond donors (Lipinski definition) is 1. The zero-order valence-corrected chi connectivity index (χ0v) is 18.7. The van der Waals surface area contributed by atoms with Crippen molar-refractivity contribution in [2.45, 2.75) is 0 Å². The van der Waals surface area contributed by atoms with E-state index in [1.807, 2.05) is 0 Å². The molecule has 172 valence electrons. The van der Waals surface area contributed by atoms with Gasteiger partial charge < -0.3 is 9.88 Å². The van der Waals surface area contributed by atoms with Crippen LogP contribution in [0.25, 0.3) is 11.8 Å². The van der Waals surface area contributed by atoms with Crippen LogP contribution in [-0.4, -0.2) is 38.0 Å². The number of halogens is 2. The van der Waals surface area contributed by atoms with Crippen molar-refractivity contribution in [1.82, 2.24) is 9.47 Å². The second-order valence-corrected chi connectivity index (χ2v) is 8.43. The van der Waals surface area contributed by atoms with Crippen LogP contribution in [0.3, 0.4) is 0 Å². The highest BCUT2D eigenvalue weighted by molar-refractivity contribution is 8.18. The molecule has 34 heavy (non-hydrogen) atoms. The molecule has 3 aromatic rings. The monoisotopic (exact) mass is 500 g/mol.